The number of hydrogen-bond donors (Lipinski definition) is 2. The van der Waals surface area contributed by atoms with Crippen LogP contribution in [0.15, 0.2) is 0 Å². The van der Waals surface area contributed by atoms with E-state index in [2.05, 4.69) is 0 Å². The topological polar surface area (TPSA) is 66.4 Å². The highest BCUT2D eigenvalue weighted by atomic mass is 19.4. The second-order valence-electron chi connectivity index (χ2n) is 1.79. The molecule has 0 saturated carbocycles. The molecule has 0 aromatic carbocycles. The average Bonchev–Trinajstić information content (AvgIpc) is 1.95. The van der Waals surface area contributed by atoms with E-state index in [-0.39, 0.29) is 0 Å². The van der Waals surface area contributed by atoms with Crippen molar-refractivity contribution in [2.45, 2.75) is 6.18 Å². The third kappa shape index (κ3) is 5.55. The van der Waals surface area contributed by atoms with Gasteiger partial charge in [0.15, 0.2) is 0 Å². The molecule has 0 aliphatic carbocycles. The highest BCUT2D eigenvalue weighted by Crippen LogP contribution is 2.13. The van der Waals surface area contributed by atoms with Crippen LogP contribution in [-0.4, -0.2) is 29.7 Å². The molecule has 1 amide bonds. The van der Waals surface area contributed by atoms with Gasteiger partial charge in [0.1, 0.15) is 0 Å². The second-order valence-corrected chi connectivity index (χ2v) is 1.79. The minimum Gasteiger partial charge on any atom is -0.472 e. The molecule has 0 aliphatic heterocycles. The summed E-state index contributed by atoms with van der Waals surface area (Å²) in [5.74, 6) is -0.274. The summed E-state index contributed by atoms with van der Waals surface area (Å²) >= 11 is 0. The van der Waals surface area contributed by atoms with Crippen LogP contribution in [0.5, 0.6) is 0 Å². The summed E-state index contributed by atoms with van der Waals surface area (Å²) < 4.78 is 34.4. The minimum absolute atomic E-state index is 0.648. The van der Waals surface area contributed by atoms with Crippen LogP contribution >= 0.6 is 0 Å². The lowest BCUT2D eigenvalue weighted by molar-refractivity contribution is -0.173. The molecule has 0 spiro atoms. The summed E-state index contributed by atoms with van der Waals surface area (Å²) in [6.45, 7) is -0.648. The zero-order valence-corrected chi connectivity index (χ0v) is 6.10. The van der Waals surface area contributed by atoms with Crippen molar-refractivity contribution in [3.63, 3.8) is 0 Å². The molecule has 0 aromatic heterocycles. The van der Waals surface area contributed by atoms with Crippen molar-refractivity contribution in [3.05, 3.63) is 0 Å². The number of amides is 1. The van der Waals surface area contributed by atoms with Crippen molar-refractivity contribution in [3.8, 4) is 11.8 Å². The monoisotopic (exact) mass is 195 g/mol. The van der Waals surface area contributed by atoms with E-state index in [1.54, 1.807) is 5.92 Å². The number of halogens is 3. The van der Waals surface area contributed by atoms with Crippen LogP contribution in [0.1, 0.15) is 0 Å². The highest BCUT2D eigenvalue weighted by molar-refractivity contribution is 5.86. The molecule has 0 unspecified atom stereocenters. The lowest BCUT2D eigenvalue weighted by atomic mass is 10.5. The van der Waals surface area contributed by atoms with Gasteiger partial charge in [0, 0.05) is 5.92 Å². The summed E-state index contributed by atoms with van der Waals surface area (Å²) in [4.78, 5) is 19.8. The maximum atomic E-state index is 11.5. The molecule has 13 heavy (non-hydrogen) atoms. The van der Waals surface area contributed by atoms with Crippen molar-refractivity contribution in [2.24, 2.45) is 0 Å². The van der Waals surface area contributed by atoms with E-state index >= 15 is 0 Å². The average molecular weight is 195 g/mol. The smallest absolute Gasteiger partial charge is 0.471 e. The van der Waals surface area contributed by atoms with Crippen molar-refractivity contribution >= 4 is 11.9 Å². The van der Waals surface area contributed by atoms with E-state index < -0.39 is 24.6 Å². The quantitative estimate of drug-likeness (QED) is 0.567. The number of carbonyl (C=O) groups is 2. The van der Waals surface area contributed by atoms with Gasteiger partial charge in [-0.25, -0.2) is 4.79 Å². The number of carboxylic acids is 1. The van der Waals surface area contributed by atoms with E-state index in [1.165, 1.54) is 11.2 Å². The Balaban J connectivity index is 3.88. The molecular weight excluding hydrogens is 191 g/mol. The first-order valence-corrected chi connectivity index (χ1v) is 2.91. The van der Waals surface area contributed by atoms with Crippen LogP contribution < -0.4 is 5.32 Å². The van der Waals surface area contributed by atoms with Gasteiger partial charge in [0.05, 0.1) is 6.54 Å². The van der Waals surface area contributed by atoms with E-state index in [0.29, 0.717) is 0 Å². The van der Waals surface area contributed by atoms with Crippen LogP contribution in [0.3, 0.4) is 0 Å². The Hall–Kier alpha value is -1.71. The van der Waals surface area contributed by atoms with Gasteiger partial charge in [-0.15, -0.1) is 0 Å². The third-order valence-corrected chi connectivity index (χ3v) is 0.790. The summed E-state index contributed by atoms with van der Waals surface area (Å²) in [5.41, 5.74) is 0. The summed E-state index contributed by atoms with van der Waals surface area (Å²) in [6, 6.07) is 0. The number of carboxylic acid groups (broad SMARTS) is 1. The van der Waals surface area contributed by atoms with Crippen molar-refractivity contribution in [2.75, 3.05) is 6.54 Å². The van der Waals surface area contributed by atoms with Gasteiger partial charge in [-0.1, -0.05) is 5.92 Å². The van der Waals surface area contributed by atoms with Crippen molar-refractivity contribution < 1.29 is 27.9 Å². The Morgan fingerprint density at radius 2 is 1.92 bits per heavy atom. The zero-order valence-electron chi connectivity index (χ0n) is 6.10. The maximum absolute atomic E-state index is 11.5. The molecule has 0 saturated heterocycles. The standard InChI is InChI=1S/C6H4F3NO3/c7-6(8,9)5(13)10-3-1-2-4(11)12/h3H2,(H,10,13)(H,11,12). The molecule has 4 nitrogen and oxygen atoms in total. The number of aliphatic carboxylic acids is 1. The molecule has 0 radical (unpaired) electrons. The largest absolute Gasteiger partial charge is 0.472 e. The lowest BCUT2D eigenvalue weighted by Crippen LogP contribution is -2.36. The Bertz CT molecular complexity index is 273. The number of hydrogen-bond acceptors (Lipinski definition) is 2. The van der Waals surface area contributed by atoms with Gasteiger partial charge in [-0.3, -0.25) is 4.79 Å². The van der Waals surface area contributed by atoms with E-state index in [1.807, 2.05) is 0 Å². The SMILES string of the molecule is O=C(O)C#CCNC(=O)C(F)(F)F. The fourth-order valence-electron chi connectivity index (χ4n) is 0.345. The molecule has 0 atom stereocenters. The van der Waals surface area contributed by atoms with E-state index in [4.69, 9.17) is 5.11 Å². The Morgan fingerprint density at radius 1 is 1.38 bits per heavy atom. The number of alkyl halides is 3. The number of nitrogens with one attached hydrogen (secondary N) is 1. The molecular formula is C6H4F3NO3. The van der Waals surface area contributed by atoms with Crippen molar-refractivity contribution in [1.29, 1.82) is 0 Å². The molecule has 0 heterocycles. The molecule has 0 aliphatic rings. The van der Waals surface area contributed by atoms with Crippen LogP contribution in [0.25, 0.3) is 0 Å². The zero-order chi connectivity index (χ0) is 10.5. The summed E-state index contributed by atoms with van der Waals surface area (Å²) in [5, 5.41) is 9.31. The minimum atomic E-state index is -4.97. The third-order valence-electron chi connectivity index (χ3n) is 0.790. The molecule has 7 heteroatoms. The van der Waals surface area contributed by atoms with Gasteiger partial charge < -0.3 is 10.4 Å². The normalized spacial score (nSPS) is 9.77. The summed E-state index contributed by atoms with van der Waals surface area (Å²) in [7, 11) is 0. The number of carbonyl (C=O) groups excluding carboxylic acids is 1. The van der Waals surface area contributed by atoms with Crippen LogP contribution in [0, 0.1) is 11.8 Å². The van der Waals surface area contributed by atoms with Gasteiger partial charge in [-0.2, -0.15) is 13.2 Å². The van der Waals surface area contributed by atoms with E-state index in [0.717, 1.165) is 0 Å². The maximum Gasteiger partial charge on any atom is 0.471 e. The Labute approximate surface area is 70.7 Å². The molecule has 0 fully saturated rings. The molecule has 2 N–H and O–H groups in total. The predicted octanol–water partition coefficient (Wildman–Crippen LogP) is -0.247. The molecule has 0 aromatic rings. The van der Waals surface area contributed by atoms with Gasteiger partial charge in [0.2, 0.25) is 0 Å². The number of rotatable bonds is 1. The first kappa shape index (κ1) is 11.3. The van der Waals surface area contributed by atoms with Crippen LogP contribution in [-0.2, 0) is 9.59 Å². The molecule has 0 bridgehead atoms. The fraction of sp³-hybridized carbons (Fsp3) is 0.333. The van der Waals surface area contributed by atoms with E-state index in [9.17, 15) is 22.8 Å². The van der Waals surface area contributed by atoms with Gasteiger partial charge >= 0.3 is 18.1 Å². The molecule has 0 rings (SSSR count). The van der Waals surface area contributed by atoms with Crippen LogP contribution in [0.2, 0.25) is 0 Å². The predicted molar refractivity (Wildman–Crippen MR) is 34.5 cm³/mol. The second kappa shape index (κ2) is 4.35. The van der Waals surface area contributed by atoms with Crippen LogP contribution in [0.4, 0.5) is 13.2 Å². The summed E-state index contributed by atoms with van der Waals surface area (Å²) in [6.07, 6.45) is -4.97. The fourth-order valence-corrected chi connectivity index (χ4v) is 0.345. The Morgan fingerprint density at radius 3 is 2.31 bits per heavy atom. The highest BCUT2D eigenvalue weighted by Gasteiger charge is 2.38. The molecule has 72 valence electrons. The first-order chi connectivity index (χ1) is 5.84. The van der Waals surface area contributed by atoms with Gasteiger partial charge in [0.25, 0.3) is 0 Å². The lowest BCUT2D eigenvalue weighted by Gasteiger charge is -2.03. The van der Waals surface area contributed by atoms with Gasteiger partial charge in [-0.05, 0) is 0 Å². The van der Waals surface area contributed by atoms with Crippen molar-refractivity contribution in [1.82, 2.24) is 5.32 Å². The first-order valence-electron chi connectivity index (χ1n) is 2.91. The Kier molecular flexibility index (Phi) is 3.78.